The third-order valence-electron chi connectivity index (χ3n) is 7.74. The summed E-state index contributed by atoms with van der Waals surface area (Å²) in [5.74, 6) is -0.973. The molecule has 0 aliphatic rings. The first kappa shape index (κ1) is 45.1. The minimum Gasteiger partial charge on any atom is -0.462 e. The van der Waals surface area contributed by atoms with Crippen LogP contribution >= 0.6 is 0 Å². The monoisotopic (exact) mass is 671 g/mol. The summed E-state index contributed by atoms with van der Waals surface area (Å²) in [7, 11) is 0. The van der Waals surface area contributed by atoms with Crippen molar-refractivity contribution in [3.8, 4) is 0 Å². The Kier molecular flexibility index (Phi) is 34.7. The Morgan fingerprint density at radius 1 is 0.438 bits per heavy atom. The average molecular weight is 671 g/mol. The molecular formula is C42H70O6. The predicted molar refractivity (Wildman–Crippen MR) is 201 cm³/mol. The van der Waals surface area contributed by atoms with Crippen LogP contribution in [0.5, 0.6) is 0 Å². The van der Waals surface area contributed by atoms with E-state index in [0.717, 1.165) is 109 Å². The summed E-state index contributed by atoms with van der Waals surface area (Å²) in [5.41, 5.74) is 0. The summed E-state index contributed by atoms with van der Waals surface area (Å²) in [5, 5.41) is 0. The maximum Gasteiger partial charge on any atom is 0.306 e. The lowest BCUT2D eigenvalue weighted by Gasteiger charge is -2.18. The van der Waals surface area contributed by atoms with Gasteiger partial charge in [0, 0.05) is 19.3 Å². The lowest BCUT2D eigenvalue weighted by molar-refractivity contribution is -0.167. The number of hydrogen-bond acceptors (Lipinski definition) is 6. The van der Waals surface area contributed by atoms with E-state index in [1.807, 2.05) is 0 Å². The first-order valence-corrected chi connectivity index (χ1v) is 19.3. The van der Waals surface area contributed by atoms with E-state index in [1.165, 1.54) is 19.3 Å². The number of unbranched alkanes of at least 4 members (excludes halogenated alkanes) is 12. The van der Waals surface area contributed by atoms with Crippen LogP contribution in [-0.2, 0) is 28.6 Å². The summed E-state index contributed by atoms with van der Waals surface area (Å²) in [6.45, 7) is 6.29. The maximum absolute atomic E-state index is 12.6. The van der Waals surface area contributed by atoms with Gasteiger partial charge in [-0.25, -0.2) is 0 Å². The van der Waals surface area contributed by atoms with Crippen LogP contribution in [0, 0.1) is 0 Å². The summed E-state index contributed by atoms with van der Waals surface area (Å²) < 4.78 is 16.4. The lowest BCUT2D eigenvalue weighted by atomic mass is 10.1. The molecule has 0 aliphatic heterocycles. The van der Waals surface area contributed by atoms with Crippen molar-refractivity contribution in [2.75, 3.05) is 13.2 Å². The molecule has 0 fully saturated rings. The first-order chi connectivity index (χ1) is 23.5. The zero-order valence-corrected chi connectivity index (χ0v) is 31.0. The molecular weight excluding hydrogens is 600 g/mol. The molecule has 48 heavy (non-hydrogen) atoms. The van der Waals surface area contributed by atoms with Crippen LogP contribution in [0.25, 0.3) is 0 Å². The molecule has 0 bridgehead atoms. The van der Waals surface area contributed by atoms with Gasteiger partial charge in [0.2, 0.25) is 0 Å². The molecule has 0 heterocycles. The van der Waals surface area contributed by atoms with Crippen molar-refractivity contribution in [3.63, 3.8) is 0 Å². The van der Waals surface area contributed by atoms with Crippen LogP contribution < -0.4 is 0 Å². The Balaban J connectivity index is 4.38. The Morgan fingerprint density at radius 3 is 1.42 bits per heavy atom. The molecule has 0 amide bonds. The third kappa shape index (κ3) is 34.4. The fourth-order valence-electron chi connectivity index (χ4n) is 4.84. The number of ether oxygens (including phenoxy) is 3. The van der Waals surface area contributed by atoms with E-state index in [4.69, 9.17) is 14.2 Å². The van der Waals surface area contributed by atoms with Crippen LogP contribution in [0.3, 0.4) is 0 Å². The highest BCUT2D eigenvalue weighted by Gasteiger charge is 2.19. The highest BCUT2D eigenvalue weighted by atomic mass is 16.6. The van der Waals surface area contributed by atoms with Crippen molar-refractivity contribution in [1.29, 1.82) is 0 Å². The number of rotatable bonds is 33. The largest absolute Gasteiger partial charge is 0.462 e. The maximum atomic E-state index is 12.6. The first-order valence-electron chi connectivity index (χ1n) is 19.3. The Morgan fingerprint density at radius 2 is 0.854 bits per heavy atom. The van der Waals surface area contributed by atoms with Gasteiger partial charge in [0.25, 0.3) is 0 Å². The van der Waals surface area contributed by atoms with Crippen molar-refractivity contribution in [2.24, 2.45) is 0 Å². The Labute approximate surface area is 294 Å². The van der Waals surface area contributed by atoms with E-state index in [0.29, 0.717) is 19.3 Å². The van der Waals surface area contributed by atoms with Gasteiger partial charge in [-0.3, -0.25) is 14.4 Å². The smallest absolute Gasteiger partial charge is 0.306 e. The number of carbonyl (C=O) groups is 3. The fraction of sp³-hybridized carbons (Fsp3) is 0.690. The van der Waals surface area contributed by atoms with Crippen LogP contribution in [0.4, 0.5) is 0 Å². The molecule has 0 N–H and O–H groups in total. The van der Waals surface area contributed by atoms with E-state index in [2.05, 4.69) is 81.5 Å². The van der Waals surface area contributed by atoms with E-state index < -0.39 is 6.10 Å². The Bertz CT molecular complexity index is 913. The molecule has 0 radical (unpaired) electrons. The van der Waals surface area contributed by atoms with Crippen LogP contribution in [0.1, 0.15) is 168 Å². The number of hydrogen-bond donors (Lipinski definition) is 0. The molecule has 0 aromatic carbocycles. The van der Waals surface area contributed by atoms with Crippen molar-refractivity contribution in [1.82, 2.24) is 0 Å². The lowest BCUT2D eigenvalue weighted by Crippen LogP contribution is -2.30. The molecule has 0 saturated carbocycles. The van der Waals surface area contributed by atoms with E-state index in [9.17, 15) is 14.4 Å². The SMILES string of the molecule is CC/C=C\C/C=C\C/C=C\C/C=C\CCCCC(=O)OCC(COC(=O)CCCCCCC)OC(=O)CCCCCCC/C=C\CCC. The van der Waals surface area contributed by atoms with Gasteiger partial charge < -0.3 is 14.2 Å². The third-order valence-corrected chi connectivity index (χ3v) is 7.74. The molecule has 0 aliphatic carbocycles. The topological polar surface area (TPSA) is 78.9 Å². The second kappa shape index (κ2) is 36.9. The highest BCUT2D eigenvalue weighted by Crippen LogP contribution is 2.11. The molecule has 0 aromatic heterocycles. The molecule has 0 aromatic rings. The summed E-state index contributed by atoms with van der Waals surface area (Å²) in [4.78, 5) is 37.2. The summed E-state index contributed by atoms with van der Waals surface area (Å²) >= 11 is 0. The zero-order chi connectivity index (χ0) is 35.2. The van der Waals surface area contributed by atoms with E-state index >= 15 is 0 Å². The molecule has 0 rings (SSSR count). The van der Waals surface area contributed by atoms with Crippen LogP contribution in [-0.4, -0.2) is 37.2 Å². The summed E-state index contributed by atoms with van der Waals surface area (Å²) in [6, 6.07) is 0. The van der Waals surface area contributed by atoms with Gasteiger partial charge in [-0.1, -0.05) is 133 Å². The minimum absolute atomic E-state index is 0.0931. The van der Waals surface area contributed by atoms with Crippen LogP contribution in [0.2, 0.25) is 0 Å². The van der Waals surface area contributed by atoms with Crippen LogP contribution in [0.15, 0.2) is 60.8 Å². The van der Waals surface area contributed by atoms with Crippen molar-refractivity contribution in [3.05, 3.63) is 60.8 Å². The quantitative estimate of drug-likeness (QED) is 0.0299. The van der Waals surface area contributed by atoms with Gasteiger partial charge in [0.1, 0.15) is 13.2 Å². The van der Waals surface area contributed by atoms with Gasteiger partial charge in [0.15, 0.2) is 6.10 Å². The predicted octanol–water partition coefficient (Wildman–Crippen LogP) is 11.8. The fourth-order valence-corrected chi connectivity index (χ4v) is 4.84. The second-order valence-electron chi connectivity index (χ2n) is 12.5. The van der Waals surface area contributed by atoms with Gasteiger partial charge >= 0.3 is 17.9 Å². The van der Waals surface area contributed by atoms with Gasteiger partial charge in [-0.15, -0.1) is 0 Å². The van der Waals surface area contributed by atoms with Gasteiger partial charge in [-0.05, 0) is 77.0 Å². The van der Waals surface area contributed by atoms with Gasteiger partial charge in [0.05, 0.1) is 0 Å². The van der Waals surface area contributed by atoms with Crippen molar-refractivity contribution < 1.29 is 28.6 Å². The summed E-state index contributed by atoms with van der Waals surface area (Å²) in [6.07, 6.45) is 42.4. The molecule has 6 nitrogen and oxygen atoms in total. The highest BCUT2D eigenvalue weighted by molar-refractivity contribution is 5.71. The van der Waals surface area contributed by atoms with Gasteiger partial charge in [-0.2, -0.15) is 0 Å². The molecule has 0 spiro atoms. The number of allylic oxidation sites excluding steroid dienone is 10. The molecule has 274 valence electrons. The molecule has 1 atom stereocenters. The van der Waals surface area contributed by atoms with Crippen molar-refractivity contribution >= 4 is 17.9 Å². The normalized spacial score (nSPS) is 12.6. The van der Waals surface area contributed by atoms with Crippen molar-refractivity contribution in [2.45, 2.75) is 175 Å². The standard InChI is InChI=1S/C42H70O6/c1-4-7-10-13-15-17-19-20-21-22-23-25-26-29-32-35-41(44)47-38-39(37-46-40(43)34-31-28-12-9-6-3)48-42(45)36-33-30-27-24-18-16-14-11-8-5-2/h7,10-11,14-15,17,20-21,23,25,39H,4-6,8-9,12-13,16,18-19,22,24,26-38H2,1-3H3/b10-7-,14-11-,17-15-,21-20-,25-23-. The van der Waals surface area contributed by atoms with E-state index in [1.54, 1.807) is 0 Å². The second-order valence-corrected chi connectivity index (χ2v) is 12.5. The number of esters is 3. The zero-order valence-electron chi connectivity index (χ0n) is 31.0. The average Bonchev–Trinajstić information content (AvgIpc) is 3.08. The molecule has 0 saturated heterocycles. The molecule has 1 unspecified atom stereocenters. The number of carbonyl (C=O) groups excluding carboxylic acids is 3. The van der Waals surface area contributed by atoms with E-state index in [-0.39, 0.29) is 31.1 Å². The minimum atomic E-state index is -0.787. The molecule has 6 heteroatoms. The Hall–Kier alpha value is -2.89.